The first kappa shape index (κ1) is 16.3. The second kappa shape index (κ2) is 6.28. The zero-order valence-corrected chi connectivity index (χ0v) is 14.6. The number of fused-ring (bicyclic) bond motifs is 2. The molecule has 0 spiro atoms. The number of carbonyl (C=O) groups excluding carboxylic acids is 1. The van der Waals surface area contributed by atoms with Crippen molar-refractivity contribution in [3.8, 4) is 0 Å². The monoisotopic (exact) mass is 374 g/mol. The van der Waals surface area contributed by atoms with Crippen molar-refractivity contribution >= 4 is 45.7 Å². The maximum atomic E-state index is 13.2. The predicted molar refractivity (Wildman–Crippen MR) is 98.1 cm³/mol. The Bertz CT molecular complexity index is 1020. The molecule has 0 unspecified atom stereocenters. The summed E-state index contributed by atoms with van der Waals surface area (Å²) in [5.41, 5.74) is 3.72. The minimum atomic E-state index is -0.530. The third-order valence-electron chi connectivity index (χ3n) is 4.38. The lowest BCUT2D eigenvalue weighted by Crippen LogP contribution is -2.12. The van der Waals surface area contributed by atoms with Gasteiger partial charge in [-0.15, -0.1) is 0 Å². The van der Waals surface area contributed by atoms with Crippen LogP contribution in [0.5, 0.6) is 0 Å². The van der Waals surface area contributed by atoms with Crippen molar-refractivity contribution < 1.29 is 9.18 Å². The van der Waals surface area contributed by atoms with Crippen LogP contribution in [0.1, 0.15) is 28.0 Å². The second-order valence-corrected chi connectivity index (χ2v) is 6.80. The second-order valence-electron chi connectivity index (χ2n) is 6.02. The Kier molecular flexibility index (Phi) is 4.10. The lowest BCUT2D eigenvalue weighted by molar-refractivity contribution is 0.102. The van der Waals surface area contributed by atoms with Crippen molar-refractivity contribution in [2.75, 3.05) is 5.32 Å². The molecule has 0 fully saturated rings. The van der Waals surface area contributed by atoms with Gasteiger partial charge in [-0.3, -0.25) is 9.78 Å². The predicted octanol–water partition coefficient (Wildman–Crippen LogP) is 5.42. The maximum absolute atomic E-state index is 13.2. The lowest BCUT2D eigenvalue weighted by Gasteiger charge is -2.09. The Morgan fingerprint density at radius 1 is 1.12 bits per heavy atom. The topological polar surface area (TPSA) is 42.0 Å². The molecule has 1 N–H and O–H groups in total. The van der Waals surface area contributed by atoms with Crippen molar-refractivity contribution in [1.29, 1.82) is 0 Å². The number of amides is 1. The summed E-state index contributed by atoms with van der Waals surface area (Å²) in [4.78, 5) is 17.1. The highest BCUT2D eigenvalue weighted by atomic mass is 35.5. The van der Waals surface area contributed by atoms with Gasteiger partial charge in [-0.1, -0.05) is 29.3 Å². The van der Waals surface area contributed by atoms with Crippen molar-refractivity contribution in [2.45, 2.75) is 19.3 Å². The molecule has 0 radical (unpaired) electrons. The summed E-state index contributed by atoms with van der Waals surface area (Å²) in [6.07, 6.45) is 2.91. The number of nitrogens with one attached hydrogen (secondary N) is 1. The van der Waals surface area contributed by atoms with Crippen molar-refractivity contribution in [1.82, 2.24) is 4.98 Å². The van der Waals surface area contributed by atoms with Crippen molar-refractivity contribution in [2.24, 2.45) is 0 Å². The van der Waals surface area contributed by atoms with Crippen LogP contribution in [0, 0.1) is 5.82 Å². The number of carbonyl (C=O) groups is 1. The highest BCUT2D eigenvalue weighted by molar-refractivity contribution is 6.36. The summed E-state index contributed by atoms with van der Waals surface area (Å²) in [7, 11) is 0. The lowest BCUT2D eigenvalue weighted by atomic mass is 10.1. The Hall–Kier alpha value is -2.17. The molecular weight excluding hydrogens is 362 g/mol. The zero-order valence-electron chi connectivity index (χ0n) is 13.1. The molecule has 1 aliphatic rings. The first-order valence-electron chi connectivity index (χ1n) is 7.90. The van der Waals surface area contributed by atoms with E-state index in [-0.39, 0.29) is 10.9 Å². The van der Waals surface area contributed by atoms with Crippen LogP contribution >= 0.6 is 23.2 Å². The van der Waals surface area contributed by atoms with Crippen molar-refractivity contribution in [3.05, 3.63) is 69.1 Å². The average molecular weight is 375 g/mol. The van der Waals surface area contributed by atoms with Crippen molar-refractivity contribution in [3.63, 3.8) is 0 Å². The molecule has 1 amide bonds. The fraction of sp³-hybridized carbons (Fsp3) is 0.158. The van der Waals surface area contributed by atoms with E-state index < -0.39 is 5.82 Å². The number of hydrogen-bond acceptors (Lipinski definition) is 2. The third kappa shape index (κ3) is 2.96. The molecule has 0 saturated carbocycles. The van der Waals surface area contributed by atoms with Crippen LogP contribution in [-0.2, 0) is 12.8 Å². The Balaban J connectivity index is 1.68. The molecule has 1 aliphatic carbocycles. The normalized spacial score (nSPS) is 13.1. The Morgan fingerprint density at radius 3 is 2.76 bits per heavy atom. The number of benzene rings is 2. The number of rotatable bonds is 2. The molecule has 3 nitrogen and oxygen atoms in total. The minimum Gasteiger partial charge on any atom is -0.322 e. The van der Waals surface area contributed by atoms with E-state index in [1.54, 1.807) is 12.1 Å². The van der Waals surface area contributed by atoms with Gasteiger partial charge in [-0.05, 0) is 55.2 Å². The molecule has 4 rings (SSSR count). The highest BCUT2D eigenvalue weighted by Gasteiger charge is 2.19. The third-order valence-corrected chi connectivity index (χ3v) is 5.10. The number of aromatic nitrogens is 1. The van der Waals surface area contributed by atoms with E-state index in [2.05, 4.69) is 10.3 Å². The summed E-state index contributed by atoms with van der Waals surface area (Å²) in [5, 5.41) is 4.25. The maximum Gasteiger partial charge on any atom is 0.255 e. The number of aryl methyl sites for hydroxylation is 1. The molecule has 1 aromatic heterocycles. The number of nitrogens with zero attached hydrogens (tertiary/aromatic N) is 1. The van der Waals surface area contributed by atoms with Gasteiger partial charge in [0.2, 0.25) is 0 Å². The summed E-state index contributed by atoms with van der Waals surface area (Å²) < 4.78 is 13.2. The van der Waals surface area contributed by atoms with Gasteiger partial charge in [0.15, 0.2) is 0 Å². The van der Waals surface area contributed by atoms with Crippen LogP contribution in [0.2, 0.25) is 10.0 Å². The van der Waals surface area contributed by atoms with Crippen LogP contribution in [0.3, 0.4) is 0 Å². The Morgan fingerprint density at radius 2 is 1.96 bits per heavy atom. The first-order valence-corrected chi connectivity index (χ1v) is 8.66. The van der Waals surface area contributed by atoms with Crippen LogP contribution in [0.4, 0.5) is 10.1 Å². The number of anilines is 1. The van der Waals surface area contributed by atoms with Crippen LogP contribution in [0.25, 0.3) is 10.9 Å². The molecule has 126 valence electrons. The van der Waals surface area contributed by atoms with Gasteiger partial charge < -0.3 is 5.32 Å². The van der Waals surface area contributed by atoms with E-state index in [1.165, 1.54) is 18.2 Å². The zero-order chi connectivity index (χ0) is 17.6. The smallest absolute Gasteiger partial charge is 0.255 e. The molecule has 0 saturated heterocycles. The fourth-order valence-corrected chi connectivity index (χ4v) is 3.67. The SMILES string of the molecule is O=C(Nc1ccc(F)c(Cl)c1)c1ccc2c(Cl)c3c(nc2c1)CCC3. The number of hydrogen-bond donors (Lipinski definition) is 1. The fourth-order valence-electron chi connectivity index (χ4n) is 3.12. The van der Waals surface area contributed by atoms with E-state index in [0.717, 1.165) is 40.9 Å². The van der Waals surface area contributed by atoms with E-state index in [1.807, 2.05) is 6.07 Å². The van der Waals surface area contributed by atoms with Crippen LogP contribution < -0.4 is 5.32 Å². The molecular formula is C19H13Cl2FN2O. The van der Waals surface area contributed by atoms with E-state index in [9.17, 15) is 9.18 Å². The summed E-state index contributed by atoms with van der Waals surface area (Å²) in [6, 6.07) is 9.29. The first-order chi connectivity index (χ1) is 12.0. The summed E-state index contributed by atoms with van der Waals surface area (Å²) in [6.45, 7) is 0. The largest absolute Gasteiger partial charge is 0.322 e. The molecule has 25 heavy (non-hydrogen) atoms. The van der Waals surface area contributed by atoms with E-state index >= 15 is 0 Å². The van der Waals surface area contributed by atoms with Gasteiger partial charge in [0.05, 0.1) is 15.6 Å². The van der Waals surface area contributed by atoms with Gasteiger partial charge in [0.1, 0.15) is 5.82 Å². The molecule has 6 heteroatoms. The molecule has 0 atom stereocenters. The molecule has 0 aliphatic heterocycles. The molecule has 2 aromatic carbocycles. The van der Waals surface area contributed by atoms with Crippen LogP contribution in [0.15, 0.2) is 36.4 Å². The van der Waals surface area contributed by atoms with Gasteiger partial charge in [-0.2, -0.15) is 0 Å². The molecule has 3 aromatic rings. The standard InChI is InChI=1S/C19H13Cl2FN2O/c20-14-9-11(5-7-15(14)22)23-19(25)10-4-6-13-17(8-10)24-16-3-1-2-12(16)18(13)21/h4-9H,1-3H2,(H,23,25). The highest BCUT2D eigenvalue weighted by Crippen LogP contribution is 2.34. The number of pyridine rings is 1. The Labute approximate surface area is 153 Å². The molecule has 0 bridgehead atoms. The summed E-state index contributed by atoms with van der Waals surface area (Å²) in [5.74, 6) is -0.846. The number of halogens is 3. The summed E-state index contributed by atoms with van der Waals surface area (Å²) >= 11 is 12.2. The van der Waals surface area contributed by atoms with Gasteiger partial charge >= 0.3 is 0 Å². The van der Waals surface area contributed by atoms with Gasteiger partial charge in [0, 0.05) is 22.3 Å². The minimum absolute atomic E-state index is 0.0414. The van der Waals surface area contributed by atoms with E-state index in [0.29, 0.717) is 16.8 Å². The average Bonchev–Trinajstić information content (AvgIpc) is 3.06. The van der Waals surface area contributed by atoms with Gasteiger partial charge in [-0.25, -0.2) is 4.39 Å². The quantitative estimate of drug-likeness (QED) is 0.650. The van der Waals surface area contributed by atoms with Crippen LogP contribution in [-0.4, -0.2) is 10.9 Å². The van der Waals surface area contributed by atoms with E-state index in [4.69, 9.17) is 23.2 Å². The molecule has 1 heterocycles. The van der Waals surface area contributed by atoms with Gasteiger partial charge in [0.25, 0.3) is 5.91 Å².